The van der Waals surface area contributed by atoms with Gasteiger partial charge in [0, 0.05) is 5.92 Å². The van der Waals surface area contributed by atoms with Crippen molar-refractivity contribution in [1.29, 1.82) is 0 Å². The largest absolute Gasteiger partial charge is 0.303 e. The fourth-order valence-electron chi connectivity index (χ4n) is 3.40. The Hall–Kier alpha value is -0.590. The van der Waals surface area contributed by atoms with Gasteiger partial charge in [-0.2, -0.15) is 0 Å². The molecule has 0 spiro atoms. The molecular weight excluding hydrogens is 172 g/mol. The molecule has 0 aromatic heterocycles. The van der Waals surface area contributed by atoms with Crippen LogP contribution >= 0.6 is 0 Å². The van der Waals surface area contributed by atoms with E-state index in [2.05, 4.69) is 39.8 Å². The van der Waals surface area contributed by atoms with Crippen LogP contribution in [0.5, 0.6) is 0 Å². The summed E-state index contributed by atoms with van der Waals surface area (Å²) in [6.07, 6.45) is 6.84. The monoisotopic (exact) mass is 192 g/mol. The SMILES string of the molecule is CC1C(C)(C)C2C=CC1(C)C(C=O)C2. The molecule has 1 saturated carbocycles. The van der Waals surface area contributed by atoms with Crippen molar-refractivity contribution in [3.05, 3.63) is 12.2 Å². The maximum Gasteiger partial charge on any atom is 0.123 e. The first kappa shape index (κ1) is 9.95. The van der Waals surface area contributed by atoms with Crippen LogP contribution in [0.3, 0.4) is 0 Å². The van der Waals surface area contributed by atoms with E-state index in [1.165, 1.54) is 6.29 Å². The summed E-state index contributed by atoms with van der Waals surface area (Å²) in [6, 6.07) is 0. The summed E-state index contributed by atoms with van der Waals surface area (Å²) in [5.41, 5.74) is 0.447. The van der Waals surface area contributed by atoms with E-state index >= 15 is 0 Å². The molecule has 0 N–H and O–H groups in total. The Balaban J connectivity index is 2.46. The Morgan fingerprint density at radius 1 is 1.36 bits per heavy atom. The minimum absolute atomic E-state index is 0.0972. The van der Waals surface area contributed by atoms with Crippen molar-refractivity contribution in [2.75, 3.05) is 0 Å². The zero-order valence-corrected chi connectivity index (χ0v) is 9.58. The van der Waals surface area contributed by atoms with Crippen LogP contribution in [0.4, 0.5) is 0 Å². The van der Waals surface area contributed by atoms with Crippen LogP contribution in [0.15, 0.2) is 12.2 Å². The number of fused-ring (bicyclic) bond motifs is 2. The van der Waals surface area contributed by atoms with E-state index in [-0.39, 0.29) is 11.3 Å². The number of hydrogen-bond donors (Lipinski definition) is 0. The maximum atomic E-state index is 11.1. The highest BCUT2D eigenvalue weighted by molar-refractivity contribution is 5.57. The second-order valence-corrected chi connectivity index (χ2v) is 5.85. The smallest absolute Gasteiger partial charge is 0.123 e. The van der Waals surface area contributed by atoms with Crippen LogP contribution < -0.4 is 0 Å². The standard InChI is InChI=1S/C13H20O/c1-9-12(2,3)10-5-6-13(9,4)11(7-10)8-14/h5-6,8-11H,7H2,1-4H3. The van der Waals surface area contributed by atoms with Gasteiger partial charge in [-0.05, 0) is 29.1 Å². The van der Waals surface area contributed by atoms with E-state index in [0.717, 1.165) is 6.42 Å². The zero-order valence-electron chi connectivity index (χ0n) is 9.58. The van der Waals surface area contributed by atoms with Gasteiger partial charge < -0.3 is 4.79 Å². The number of allylic oxidation sites excluding steroid dienone is 2. The van der Waals surface area contributed by atoms with E-state index < -0.39 is 0 Å². The van der Waals surface area contributed by atoms with Gasteiger partial charge >= 0.3 is 0 Å². The molecule has 3 aliphatic carbocycles. The Morgan fingerprint density at radius 2 is 2.00 bits per heavy atom. The van der Waals surface area contributed by atoms with Crippen LogP contribution in [0.2, 0.25) is 0 Å². The molecule has 4 atom stereocenters. The van der Waals surface area contributed by atoms with Crippen LogP contribution in [-0.4, -0.2) is 6.29 Å². The van der Waals surface area contributed by atoms with Crippen molar-refractivity contribution >= 4 is 6.29 Å². The summed E-state index contributed by atoms with van der Waals surface area (Å²) < 4.78 is 0. The normalized spacial score (nSPS) is 49.3. The highest BCUT2D eigenvalue weighted by Crippen LogP contribution is 2.60. The first-order valence-electron chi connectivity index (χ1n) is 5.57. The molecule has 0 radical (unpaired) electrons. The fourth-order valence-corrected chi connectivity index (χ4v) is 3.40. The van der Waals surface area contributed by atoms with Crippen molar-refractivity contribution in [3.63, 3.8) is 0 Å². The Bertz CT molecular complexity index is 290. The zero-order chi connectivity index (χ0) is 10.6. The highest BCUT2D eigenvalue weighted by atomic mass is 16.1. The first-order valence-corrected chi connectivity index (χ1v) is 5.57. The molecule has 0 saturated heterocycles. The minimum atomic E-state index is 0.0972. The predicted octanol–water partition coefficient (Wildman–Crippen LogP) is 3.06. The van der Waals surface area contributed by atoms with Crippen molar-refractivity contribution in [1.82, 2.24) is 0 Å². The maximum absolute atomic E-state index is 11.1. The number of hydrogen-bond acceptors (Lipinski definition) is 1. The van der Waals surface area contributed by atoms with E-state index in [1.54, 1.807) is 0 Å². The molecule has 0 heterocycles. The molecule has 4 unspecified atom stereocenters. The molecule has 1 fully saturated rings. The summed E-state index contributed by atoms with van der Waals surface area (Å²) in [4.78, 5) is 11.1. The van der Waals surface area contributed by atoms with Gasteiger partial charge in [0.2, 0.25) is 0 Å². The lowest BCUT2D eigenvalue weighted by Gasteiger charge is -2.58. The van der Waals surface area contributed by atoms with E-state index in [4.69, 9.17) is 0 Å². The molecular formula is C13H20O. The second-order valence-electron chi connectivity index (χ2n) is 5.85. The first-order chi connectivity index (χ1) is 6.43. The summed E-state index contributed by atoms with van der Waals surface area (Å²) in [7, 11) is 0. The third-order valence-corrected chi connectivity index (χ3v) is 5.16. The van der Waals surface area contributed by atoms with Crippen molar-refractivity contribution in [2.45, 2.75) is 34.1 Å². The lowest BCUT2D eigenvalue weighted by atomic mass is 9.46. The molecule has 0 amide bonds. The van der Waals surface area contributed by atoms with Crippen molar-refractivity contribution in [3.8, 4) is 0 Å². The number of carbonyl (C=O) groups excluding carboxylic acids is 1. The Labute approximate surface area is 86.6 Å². The second kappa shape index (κ2) is 2.71. The van der Waals surface area contributed by atoms with Gasteiger partial charge in [0.25, 0.3) is 0 Å². The van der Waals surface area contributed by atoms with Gasteiger partial charge in [-0.25, -0.2) is 0 Å². The average molecular weight is 192 g/mol. The lowest BCUT2D eigenvalue weighted by Crippen LogP contribution is -2.52. The molecule has 3 aliphatic rings. The quantitative estimate of drug-likeness (QED) is 0.461. The average Bonchev–Trinajstić information content (AvgIpc) is 2.14. The third kappa shape index (κ3) is 0.986. The molecule has 14 heavy (non-hydrogen) atoms. The number of carbonyl (C=O) groups is 1. The molecule has 0 aliphatic heterocycles. The predicted molar refractivity (Wildman–Crippen MR) is 57.9 cm³/mol. The fraction of sp³-hybridized carbons (Fsp3) is 0.769. The van der Waals surface area contributed by atoms with Crippen LogP contribution in [-0.2, 0) is 4.79 Å². The molecule has 1 nitrogen and oxygen atoms in total. The molecule has 0 aromatic carbocycles. The molecule has 3 rings (SSSR count). The highest BCUT2D eigenvalue weighted by Gasteiger charge is 2.54. The van der Waals surface area contributed by atoms with E-state index in [0.29, 0.717) is 17.3 Å². The molecule has 78 valence electrons. The van der Waals surface area contributed by atoms with Gasteiger partial charge in [-0.3, -0.25) is 0 Å². The molecule has 0 aromatic rings. The van der Waals surface area contributed by atoms with Gasteiger partial charge in [-0.1, -0.05) is 39.8 Å². The van der Waals surface area contributed by atoms with Crippen molar-refractivity contribution < 1.29 is 4.79 Å². The summed E-state index contributed by atoms with van der Waals surface area (Å²) in [5.74, 6) is 1.42. The van der Waals surface area contributed by atoms with Crippen LogP contribution in [0.25, 0.3) is 0 Å². The summed E-state index contributed by atoms with van der Waals surface area (Å²) in [6.45, 7) is 9.22. The van der Waals surface area contributed by atoms with Gasteiger partial charge in [0.1, 0.15) is 6.29 Å². The number of aldehydes is 1. The van der Waals surface area contributed by atoms with Crippen LogP contribution in [0, 0.1) is 28.6 Å². The van der Waals surface area contributed by atoms with E-state index in [1.807, 2.05) is 0 Å². The topological polar surface area (TPSA) is 17.1 Å². The Morgan fingerprint density at radius 3 is 2.57 bits per heavy atom. The lowest BCUT2D eigenvalue weighted by molar-refractivity contribution is -0.123. The van der Waals surface area contributed by atoms with Crippen molar-refractivity contribution in [2.24, 2.45) is 28.6 Å². The summed E-state index contributed by atoms with van der Waals surface area (Å²) >= 11 is 0. The molecule has 2 bridgehead atoms. The van der Waals surface area contributed by atoms with Gasteiger partial charge in [0.05, 0.1) is 0 Å². The number of rotatable bonds is 1. The molecule has 1 heteroatoms. The van der Waals surface area contributed by atoms with Gasteiger partial charge in [0.15, 0.2) is 0 Å². The summed E-state index contributed by atoms with van der Waals surface area (Å²) in [5, 5.41) is 0. The van der Waals surface area contributed by atoms with E-state index in [9.17, 15) is 4.79 Å². The van der Waals surface area contributed by atoms with Gasteiger partial charge in [-0.15, -0.1) is 0 Å². The Kier molecular flexibility index (Phi) is 1.93. The van der Waals surface area contributed by atoms with Crippen LogP contribution in [0.1, 0.15) is 34.1 Å². The minimum Gasteiger partial charge on any atom is -0.303 e. The third-order valence-electron chi connectivity index (χ3n) is 5.16.